The van der Waals surface area contributed by atoms with Gasteiger partial charge in [0.05, 0.1) is 25.5 Å². The number of ether oxygens (including phenoxy) is 1. The van der Waals surface area contributed by atoms with Gasteiger partial charge in [-0.1, -0.05) is 69.5 Å². The highest BCUT2D eigenvalue weighted by atomic mass is 79.9. The van der Waals surface area contributed by atoms with Gasteiger partial charge in [-0.3, -0.25) is 4.79 Å². The Balaban J connectivity index is 1.61. The second kappa shape index (κ2) is 10.7. The molecular formula is C28H21BrCl2N2O2. The van der Waals surface area contributed by atoms with Crippen molar-refractivity contribution in [1.82, 2.24) is 0 Å². The standard InChI is InChI=1S/C28H21BrCl2N2O2/c1-16-11-22(24(15-32)17-3-7-20(30)8-4-17)25(31)14-26(16)33-28(34)13-23-21-9-6-19(29)12-18(21)5-10-27(23)35-2/h3-12,14,24H,13H2,1-2H3,(H,33,34)/t24-/m0/s1. The second-order valence-corrected chi connectivity index (χ2v) is 9.90. The molecule has 1 atom stereocenters. The van der Waals surface area contributed by atoms with Gasteiger partial charge in [-0.05, 0) is 70.8 Å². The van der Waals surface area contributed by atoms with Crippen LogP contribution in [0.3, 0.4) is 0 Å². The maximum atomic E-state index is 13.1. The first-order chi connectivity index (χ1) is 16.8. The molecule has 1 amide bonds. The molecule has 0 saturated heterocycles. The number of carbonyl (C=O) groups is 1. The smallest absolute Gasteiger partial charge is 0.228 e. The summed E-state index contributed by atoms with van der Waals surface area (Å²) in [4.78, 5) is 13.1. The average Bonchev–Trinajstić information content (AvgIpc) is 2.83. The lowest BCUT2D eigenvalue weighted by Crippen LogP contribution is -2.16. The molecule has 0 aliphatic heterocycles. The van der Waals surface area contributed by atoms with Crippen LogP contribution in [0.2, 0.25) is 10.0 Å². The highest BCUT2D eigenvalue weighted by Crippen LogP contribution is 2.35. The van der Waals surface area contributed by atoms with Crippen molar-refractivity contribution in [3.8, 4) is 11.8 Å². The Hall–Kier alpha value is -3.04. The van der Waals surface area contributed by atoms with E-state index in [9.17, 15) is 10.1 Å². The van der Waals surface area contributed by atoms with Crippen molar-refractivity contribution in [2.45, 2.75) is 19.3 Å². The number of nitrogens with zero attached hydrogens (tertiary/aromatic N) is 1. The van der Waals surface area contributed by atoms with Crippen molar-refractivity contribution < 1.29 is 9.53 Å². The Morgan fingerprint density at radius 2 is 1.83 bits per heavy atom. The first-order valence-corrected chi connectivity index (χ1v) is 12.4. The molecule has 0 heterocycles. The number of methoxy groups -OCH3 is 1. The summed E-state index contributed by atoms with van der Waals surface area (Å²) in [6.45, 7) is 1.88. The number of aryl methyl sites for hydroxylation is 1. The first-order valence-electron chi connectivity index (χ1n) is 10.8. The van der Waals surface area contributed by atoms with Crippen LogP contribution in [-0.4, -0.2) is 13.0 Å². The van der Waals surface area contributed by atoms with Gasteiger partial charge in [0.1, 0.15) is 5.75 Å². The third-order valence-electron chi connectivity index (χ3n) is 5.87. The number of nitrogens with one attached hydrogen (secondary N) is 1. The molecule has 0 saturated carbocycles. The minimum atomic E-state index is -0.553. The van der Waals surface area contributed by atoms with E-state index in [1.165, 1.54) is 0 Å². The van der Waals surface area contributed by atoms with Gasteiger partial charge in [-0.25, -0.2) is 0 Å². The number of nitriles is 1. The fourth-order valence-corrected chi connectivity index (χ4v) is 4.89. The van der Waals surface area contributed by atoms with Crippen LogP contribution in [0.4, 0.5) is 5.69 Å². The first kappa shape index (κ1) is 25.1. The fraction of sp³-hybridized carbons (Fsp3) is 0.143. The number of halogens is 3. The number of amides is 1. The molecule has 0 unspecified atom stereocenters. The Morgan fingerprint density at radius 1 is 1.09 bits per heavy atom. The minimum absolute atomic E-state index is 0.131. The molecule has 0 fully saturated rings. The number of fused-ring (bicyclic) bond motifs is 1. The Bertz CT molecular complexity index is 1460. The summed E-state index contributed by atoms with van der Waals surface area (Å²) in [5.41, 5.74) is 3.68. The number of hydrogen-bond acceptors (Lipinski definition) is 3. The summed E-state index contributed by atoms with van der Waals surface area (Å²) in [7, 11) is 1.59. The Labute approximate surface area is 222 Å². The van der Waals surface area contributed by atoms with Crippen LogP contribution in [0.1, 0.15) is 28.2 Å². The van der Waals surface area contributed by atoms with E-state index < -0.39 is 5.92 Å². The van der Waals surface area contributed by atoms with Crippen LogP contribution < -0.4 is 10.1 Å². The van der Waals surface area contributed by atoms with Gasteiger partial charge in [-0.2, -0.15) is 5.26 Å². The van der Waals surface area contributed by atoms with Crippen LogP contribution in [0.15, 0.2) is 71.2 Å². The molecule has 4 rings (SSSR count). The van der Waals surface area contributed by atoms with E-state index in [0.29, 0.717) is 27.0 Å². The molecule has 35 heavy (non-hydrogen) atoms. The van der Waals surface area contributed by atoms with E-state index in [0.717, 1.165) is 31.9 Å². The van der Waals surface area contributed by atoms with Crippen molar-refractivity contribution in [3.63, 3.8) is 0 Å². The normalized spacial score (nSPS) is 11.7. The lowest BCUT2D eigenvalue weighted by Gasteiger charge is -2.17. The van der Waals surface area contributed by atoms with Crippen molar-refractivity contribution in [3.05, 3.63) is 104 Å². The molecule has 0 spiro atoms. The van der Waals surface area contributed by atoms with E-state index in [2.05, 4.69) is 27.3 Å². The molecule has 0 aliphatic carbocycles. The van der Waals surface area contributed by atoms with Gasteiger partial charge in [0.25, 0.3) is 0 Å². The van der Waals surface area contributed by atoms with E-state index in [1.807, 2.05) is 55.5 Å². The van der Waals surface area contributed by atoms with Crippen molar-refractivity contribution in [1.29, 1.82) is 5.26 Å². The van der Waals surface area contributed by atoms with Crippen LogP contribution in [0, 0.1) is 18.3 Å². The molecule has 0 aromatic heterocycles. The predicted octanol–water partition coefficient (Wildman–Crippen LogP) is 8.06. The van der Waals surface area contributed by atoms with E-state index in [4.69, 9.17) is 27.9 Å². The zero-order chi connectivity index (χ0) is 25.1. The van der Waals surface area contributed by atoms with Gasteiger partial charge in [0, 0.05) is 25.8 Å². The largest absolute Gasteiger partial charge is 0.496 e. The summed E-state index contributed by atoms with van der Waals surface area (Å²) < 4.78 is 6.49. The predicted molar refractivity (Wildman–Crippen MR) is 146 cm³/mol. The molecule has 4 nitrogen and oxygen atoms in total. The number of rotatable bonds is 6. The highest BCUT2D eigenvalue weighted by molar-refractivity contribution is 9.10. The van der Waals surface area contributed by atoms with E-state index >= 15 is 0 Å². The third kappa shape index (κ3) is 5.46. The summed E-state index contributed by atoms with van der Waals surface area (Å²) in [5.74, 6) is -0.0949. The monoisotopic (exact) mass is 566 g/mol. The summed E-state index contributed by atoms with van der Waals surface area (Å²) in [6.07, 6.45) is 0.131. The Kier molecular flexibility index (Phi) is 7.66. The molecule has 0 radical (unpaired) electrons. The maximum Gasteiger partial charge on any atom is 0.228 e. The molecular weight excluding hydrogens is 547 g/mol. The van der Waals surface area contributed by atoms with Crippen molar-refractivity contribution in [2.24, 2.45) is 0 Å². The molecule has 0 bridgehead atoms. The Morgan fingerprint density at radius 3 is 2.51 bits per heavy atom. The van der Waals surface area contributed by atoms with Gasteiger partial charge in [0.15, 0.2) is 0 Å². The van der Waals surface area contributed by atoms with Crippen LogP contribution in [0.25, 0.3) is 10.8 Å². The maximum absolute atomic E-state index is 13.1. The van der Waals surface area contributed by atoms with Gasteiger partial charge in [0.2, 0.25) is 5.91 Å². The zero-order valence-electron chi connectivity index (χ0n) is 19.0. The molecule has 176 valence electrons. The molecule has 7 heteroatoms. The quantitative estimate of drug-likeness (QED) is 0.256. The minimum Gasteiger partial charge on any atom is -0.496 e. The average molecular weight is 568 g/mol. The number of carbonyl (C=O) groups excluding carboxylic acids is 1. The van der Waals surface area contributed by atoms with Gasteiger partial charge < -0.3 is 10.1 Å². The molecule has 1 N–H and O–H groups in total. The summed E-state index contributed by atoms with van der Waals surface area (Å²) in [6, 6.07) is 22.7. The lowest BCUT2D eigenvalue weighted by molar-refractivity contribution is -0.115. The van der Waals surface area contributed by atoms with Gasteiger partial charge in [-0.15, -0.1) is 0 Å². The second-order valence-electron chi connectivity index (χ2n) is 8.14. The molecule has 0 aliphatic rings. The molecule has 4 aromatic carbocycles. The molecule has 4 aromatic rings. The van der Waals surface area contributed by atoms with Crippen LogP contribution in [-0.2, 0) is 11.2 Å². The van der Waals surface area contributed by atoms with Crippen molar-refractivity contribution in [2.75, 3.05) is 12.4 Å². The lowest BCUT2D eigenvalue weighted by atomic mass is 9.91. The zero-order valence-corrected chi connectivity index (χ0v) is 22.1. The number of hydrogen-bond donors (Lipinski definition) is 1. The highest BCUT2D eigenvalue weighted by Gasteiger charge is 2.20. The van der Waals surface area contributed by atoms with E-state index in [1.54, 1.807) is 25.3 Å². The number of benzene rings is 4. The topological polar surface area (TPSA) is 62.1 Å². The third-order valence-corrected chi connectivity index (χ3v) is 6.94. The van der Waals surface area contributed by atoms with Gasteiger partial charge >= 0.3 is 0 Å². The fourth-order valence-electron chi connectivity index (χ4n) is 4.11. The van der Waals surface area contributed by atoms with Crippen molar-refractivity contribution >= 4 is 61.5 Å². The van der Waals surface area contributed by atoms with Crippen LogP contribution >= 0.6 is 39.1 Å². The summed E-state index contributed by atoms with van der Waals surface area (Å²) in [5, 5.41) is 15.8. The van der Waals surface area contributed by atoms with Crippen LogP contribution in [0.5, 0.6) is 5.75 Å². The SMILES string of the molecule is COc1ccc2cc(Br)ccc2c1CC(=O)Nc1cc(Cl)c([C@@H](C#N)c2ccc(Cl)cc2)cc1C. The summed E-state index contributed by atoms with van der Waals surface area (Å²) >= 11 is 16.1. The number of anilines is 1. The van der Waals surface area contributed by atoms with E-state index in [-0.39, 0.29) is 12.3 Å².